The maximum absolute atomic E-state index is 13.0. The van der Waals surface area contributed by atoms with E-state index >= 15 is 0 Å². The van der Waals surface area contributed by atoms with Gasteiger partial charge in [0.1, 0.15) is 17.4 Å². The first-order valence-corrected chi connectivity index (χ1v) is 7.84. The Bertz CT molecular complexity index is 799. The SMILES string of the molecule is O=S(=O)(NCc1cc(F)cc(F)c1)c1ccc(OC(F)(F)F)cc1. The molecule has 2 aromatic carbocycles. The molecule has 0 spiro atoms. The minimum Gasteiger partial charge on any atom is -0.406 e. The summed E-state index contributed by atoms with van der Waals surface area (Å²) in [7, 11) is -4.08. The first-order chi connectivity index (χ1) is 11.0. The average Bonchev–Trinajstić information content (AvgIpc) is 2.43. The number of hydrogen-bond acceptors (Lipinski definition) is 3. The minimum atomic E-state index is -4.89. The van der Waals surface area contributed by atoms with Crippen molar-refractivity contribution in [3.63, 3.8) is 0 Å². The standard InChI is InChI=1S/C14H10F5NO3S/c15-10-5-9(6-11(16)7-10)8-20-24(21,22)13-3-1-12(2-4-13)23-14(17,18)19/h1-7,20H,8H2. The largest absolute Gasteiger partial charge is 0.573 e. The van der Waals surface area contributed by atoms with Crippen molar-refractivity contribution in [1.82, 2.24) is 4.72 Å². The van der Waals surface area contributed by atoms with Gasteiger partial charge in [0, 0.05) is 12.6 Å². The van der Waals surface area contributed by atoms with Crippen LogP contribution in [0.2, 0.25) is 0 Å². The molecule has 0 aliphatic heterocycles. The van der Waals surface area contributed by atoms with Crippen LogP contribution in [0.25, 0.3) is 0 Å². The molecule has 4 nitrogen and oxygen atoms in total. The number of alkyl halides is 3. The van der Waals surface area contributed by atoms with Crippen LogP contribution in [0.15, 0.2) is 47.4 Å². The maximum atomic E-state index is 13.0. The lowest BCUT2D eigenvalue weighted by Gasteiger charge is -2.10. The van der Waals surface area contributed by atoms with Crippen molar-refractivity contribution < 1.29 is 35.1 Å². The first-order valence-electron chi connectivity index (χ1n) is 6.36. The van der Waals surface area contributed by atoms with E-state index in [4.69, 9.17) is 0 Å². The van der Waals surface area contributed by atoms with Crippen LogP contribution < -0.4 is 9.46 Å². The summed E-state index contributed by atoms with van der Waals surface area (Å²) in [4.78, 5) is -0.325. The summed E-state index contributed by atoms with van der Waals surface area (Å²) in [5.74, 6) is -2.30. The van der Waals surface area contributed by atoms with E-state index in [0.29, 0.717) is 6.07 Å². The van der Waals surface area contributed by atoms with E-state index in [-0.39, 0.29) is 10.5 Å². The number of benzene rings is 2. The molecule has 130 valence electrons. The van der Waals surface area contributed by atoms with Crippen LogP contribution in [-0.4, -0.2) is 14.8 Å². The fourth-order valence-electron chi connectivity index (χ4n) is 1.80. The van der Waals surface area contributed by atoms with Crippen LogP contribution in [0.5, 0.6) is 5.75 Å². The first kappa shape index (κ1) is 18.1. The van der Waals surface area contributed by atoms with Gasteiger partial charge in [-0.15, -0.1) is 13.2 Å². The molecule has 2 aromatic rings. The molecule has 0 atom stereocenters. The Labute approximate surface area is 133 Å². The minimum absolute atomic E-state index is 0.0492. The second kappa shape index (κ2) is 6.73. The molecule has 10 heteroatoms. The van der Waals surface area contributed by atoms with Gasteiger partial charge in [0.15, 0.2) is 0 Å². The lowest BCUT2D eigenvalue weighted by molar-refractivity contribution is -0.274. The summed E-state index contributed by atoms with van der Waals surface area (Å²) < 4.78 is 91.9. The number of nitrogens with one attached hydrogen (secondary N) is 1. The highest BCUT2D eigenvalue weighted by atomic mass is 32.2. The molecule has 2 rings (SSSR count). The molecule has 0 unspecified atom stereocenters. The highest BCUT2D eigenvalue weighted by Gasteiger charge is 2.31. The van der Waals surface area contributed by atoms with Gasteiger partial charge in [0.25, 0.3) is 0 Å². The number of ether oxygens (including phenoxy) is 1. The molecule has 0 heterocycles. The molecule has 0 radical (unpaired) electrons. The van der Waals surface area contributed by atoms with E-state index in [0.717, 1.165) is 36.4 Å². The molecule has 24 heavy (non-hydrogen) atoms. The van der Waals surface area contributed by atoms with Gasteiger partial charge in [0.05, 0.1) is 4.90 Å². The van der Waals surface area contributed by atoms with Crippen LogP contribution in [0.4, 0.5) is 22.0 Å². The molecule has 0 fully saturated rings. The Kier molecular flexibility index (Phi) is 5.09. The molecule has 0 aliphatic rings. The molecule has 0 saturated heterocycles. The zero-order valence-electron chi connectivity index (χ0n) is 11.8. The van der Waals surface area contributed by atoms with E-state index in [9.17, 15) is 30.4 Å². The molecule has 0 aromatic heterocycles. The van der Waals surface area contributed by atoms with Gasteiger partial charge >= 0.3 is 6.36 Å². The summed E-state index contributed by atoms with van der Waals surface area (Å²) >= 11 is 0. The lowest BCUT2D eigenvalue weighted by atomic mass is 10.2. The van der Waals surface area contributed by atoms with Gasteiger partial charge in [-0.3, -0.25) is 0 Å². The normalized spacial score (nSPS) is 12.2. The summed E-state index contributed by atoms with van der Waals surface area (Å²) in [5.41, 5.74) is 0.0492. The summed E-state index contributed by atoms with van der Waals surface area (Å²) in [5, 5.41) is 0. The van der Waals surface area contributed by atoms with Gasteiger partial charge in [0.2, 0.25) is 10.0 Å². The highest BCUT2D eigenvalue weighted by Crippen LogP contribution is 2.23. The number of hydrogen-bond donors (Lipinski definition) is 1. The summed E-state index contributed by atoms with van der Waals surface area (Å²) in [6.07, 6.45) is -4.89. The molecule has 1 N–H and O–H groups in total. The zero-order chi connectivity index (χ0) is 18.0. The molecule has 0 amide bonds. The Morgan fingerprint density at radius 1 is 0.958 bits per heavy atom. The van der Waals surface area contributed by atoms with Crippen molar-refractivity contribution in [3.8, 4) is 5.75 Å². The van der Waals surface area contributed by atoms with Crippen molar-refractivity contribution in [1.29, 1.82) is 0 Å². The van der Waals surface area contributed by atoms with Gasteiger partial charge < -0.3 is 4.74 Å². The van der Waals surface area contributed by atoms with Crippen molar-refractivity contribution in [2.24, 2.45) is 0 Å². The van der Waals surface area contributed by atoms with Crippen LogP contribution in [0.3, 0.4) is 0 Å². The number of halogens is 5. The van der Waals surface area contributed by atoms with E-state index in [1.807, 2.05) is 0 Å². The van der Waals surface area contributed by atoms with Crippen LogP contribution in [0.1, 0.15) is 5.56 Å². The average molecular weight is 367 g/mol. The Hall–Kier alpha value is -2.20. The van der Waals surface area contributed by atoms with Gasteiger partial charge in [-0.2, -0.15) is 0 Å². The quantitative estimate of drug-likeness (QED) is 0.825. The monoisotopic (exact) mass is 367 g/mol. The van der Waals surface area contributed by atoms with Crippen LogP contribution >= 0.6 is 0 Å². The van der Waals surface area contributed by atoms with Crippen molar-refractivity contribution in [3.05, 3.63) is 59.7 Å². The molecule has 0 bridgehead atoms. The molecular formula is C14H10F5NO3S. The summed E-state index contributed by atoms with van der Waals surface area (Å²) in [6.45, 7) is -0.391. The van der Waals surface area contributed by atoms with Crippen molar-refractivity contribution in [2.45, 2.75) is 17.8 Å². The topological polar surface area (TPSA) is 55.4 Å². The van der Waals surface area contributed by atoms with Gasteiger partial charge in [-0.05, 0) is 42.0 Å². The van der Waals surface area contributed by atoms with E-state index in [1.54, 1.807) is 0 Å². The third-order valence-corrected chi connectivity index (χ3v) is 4.17. The fraction of sp³-hybridized carbons (Fsp3) is 0.143. The van der Waals surface area contributed by atoms with Gasteiger partial charge in [-0.25, -0.2) is 21.9 Å². The van der Waals surface area contributed by atoms with Crippen LogP contribution in [0, 0.1) is 11.6 Å². The molecular weight excluding hydrogens is 357 g/mol. The van der Waals surface area contributed by atoms with E-state index in [2.05, 4.69) is 9.46 Å². The highest BCUT2D eigenvalue weighted by molar-refractivity contribution is 7.89. The molecule has 0 aliphatic carbocycles. The number of rotatable bonds is 5. The fourth-order valence-corrected chi connectivity index (χ4v) is 2.81. The van der Waals surface area contributed by atoms with E-state index in [1.165, 1.54) is 0 Å². The predicted molar refractivity (Wildman–Crippen MR) is 73.5 cm³/mol. The smallest absolute Gasteiger partial charge is 0.406 e. The third kappa shape index (κ3) is 5.17. The molecule has 0 saturated carbocycles. The Morgan fingerprint density at radius 2 is 1.50 bits per heavy atom. The third-order valence-electron chi connectivity index (χ3n) is 2.76. The second-order valence-corrected chi connectivity index (χ2v) is 6.39. The summed E-state index contributed by atoms with van der Waals surface area (Å²) in [6, 6.07) is 6.04. The van der Waals surface area contributed by atoms with E-state index < -0.39 is 40.3 Å². The van der Waals surface area contributed by atoms with Crippen molar-refractivity contribution in [2.75, 3.05) is 0 Å². The maximum Gasteiger partial charge on any atom is 0.573 e. The second-order valence-electron chi connectivity index (χ2n) is 4.62. The Balaban J connectivity index is 2.09. The lowest BCUT2D eigenvalue weighted by Crippen LogP contribution is -2.23. The zero-order valence-corrected chi connectivity index (χ0v) is 12.6. The number of sulfonamides is 1. The van der Waals surface area contributed by atoms with Crippen LogP contribution in [-0.2, 0) is 16.6 Å². The van der Waals surface area contributed by atoms with Gasteiger partial charge in [-0.1, -0.05) is 0 Å². The predicted octanol–water partition coefficient (Wildman–Crippen LogP) is 3.34. The Morgan fingerprint density at radius 3 is 2.00 bits per heavy atom. The van der Waals surface area contributed by atoms with Crippen molar-refractivity contribution >= 4 is 10.0 Å².